The van der Waals surface area contributed by atoms with E-state index in [2.05, 4.69) is 10.6 Å². The molecule has 0 unspecified atom stereocenters. The van der Waals surface area contributed by atoms with E-state index in [1.807, 2.05) is 38.1 Å². The molecule has 3 nitrogen and oxygen atoms in total. The number of hydrogen-bond donors (Lipinski definition) is 2. The topological polar surface area (TPSA) is 33.3 Å². The Bertz CT molecular complexity index is 517. The monoisotopic (exact) mass is 304 g/mol. The summed E-state index contributed by atoms with van der Waals surface area (Å²) in [5.41, 5.74) is 0.980. The van der Waals surface area contributed by atoms with E-state index in [0.29, 0.717) is 6.04 Å². The van der Waals surface area contributed by atoms with Gasteiger partial charge in [-0.05, 0) is 69.3 Å². The van der Waals surface area contributed by atoms with Crippen LogP contribution in [-0.4, -0.2) is 17.3 Å². The lowest BCUT2D eigenvalue weighted by Gasteiger charge is -2.24. The average Bonchev–Trinajstić information content (AvgIpc) is 3.00. The van der Waals surface area contributed by atoms with E-state index in [4.69, 9.17) is 17.0 Å². The van der Waals surface area contributed by atoms with Crippen molar-refractivity contribution in [3.05, 3.63) is 24.3 Å². The summed E-state index contributed by atoms with van der Waals surface area (Å²) in [6, 6.07) is 8.54. The van der Waals surface area contributed by atoms with E-state index < -0.39 is 0 Å². The highest BCUT2D eigenvalue weighted by atomic mass is 32.1. The molecule has 114 valence electrons. The second kappa shape index (κ2) is 6.22. The Morgan fingerprint density at radius 1 is 1.29 bits per heavy atom. The molecule has 0 saturated heterocycles. The fourth-order valence-corrected chi connectivity index (χ4v) is 3.95. The lowest BCUT2D eigenvalue weighted by molar-refractivity contribution is 0.242. The van der Waals surface area contributed by atoms with Crippen LogP contribution in [0.25, 0.3) is 0 Å². The summed E-state index contributed by atoms with van der Waals surface area (Å²) in [7, 11) is 0. The molecule has 2 fully saturated rings. The Morgan fingerprint density at radius 3 is 2.81 bits per heavy atom. The fraction of sp³-hybridized carbons (Fsp3) is 0.588. The maximum Gasteiger partial charge on any atom is 0.171 e. The van der Waals surface area contributed by atoms with E-state index in [1.54, 1.807) is 0 Å². The van der Waals surface area contributed by atoms with Crippen molar-refractivity contribution in [2.45, 2.75) is 51.7 Å². The van der Waals surface area contributed by atoms with Crippen LogP contribution in [0.3, 0.4) is 0 Å². The molecule has 0 radical (unpaired) electrons. The van der Waals surface area contributed by atoms with Crippen molar-refractivity contribution < 1.29 is 4.74 Å². The van der Waals surface area contributed by atoms with Gasteiger partial charge in [0.1, 0.15) is 5.75 Å². The van der Waals surface area contributed by atoms with Crippen molar-refractivity contribution in [3.63, 3.8) is 0 Å². The molecular formula is C17H24N2OS. The lowest BCUT2D eigenvalue weighted by Crippen LogP contribution is -2.40. The molecule has 2 saturated carbocycles. The summed E-state index contributed by atoms with van der Waals surface area (Å²) >= 11 is 5.46. The smallest absolute Gasteiger partial charge is 0.171 e. The minimum Gasteiger partial charge on any atom is -0.491 e. The minimum absolute atomic E-state index is 0.180. The summed E-state index contributed by atoms with van der Waals surface area (Å²) < 4.78 is 5.71. The van der Waals surface area contributed by atoms with Gasteiger partial charge in [0.05, 0.1) is 6.10 Å². The van der Waals surface area contributed by atoms with E-state index in [1.165, 1.54) is 25.7 Å². The Labute approximate surface area is 132 Å². The number of fused-ring (bicyclic) bond motifs is 2. The van der Waals surface area contributed by atoms with Gasteiger partial charge >= 0.3 is 0 Å². The molecule has 21 heavy (non-hydrogen) atoms. The number of nitrogens with one attached hydrogen (secondary N) is 2. The number of ether oxygens (including phenoxy) is 1. The van der Waals surface area contributed by atoms with Gasteiger partial charge in [-0.1, -0.05) is 12.5 Å². The fourth-order valence-electron chi connectivity index (χ4n) is 3.68. The highest BCUT2D eigenvalue weighted by Gasteiger charge is 2.39. The Hall–Kier alpha value is -1.29. The van der Waals surface area contributed by atoms with Crippen LogP contribution >= 0.6 is 12.2 Å². The van der Waals surface area contributed by atoms with Gasteiger partial charge in [-0.3, -0.25) is 0 Å². The summed E-state index contributed by atoms with van der Waals surface area (Å²) in [5.74, 6) is 2.63. The summed E-state index contributed by atoms with van der Waals surface area (Å²) in [5, 5.41) is 7.51. The highest BCUT2D eigenvalue weighted by Crippen LogP contribution is 2.44. The zero-order chi connectivity index (χ0) is 14.8. The first-order valence-corrected chi connectivity index (χ1v) is 8.35. The quantitative estimate of drug-likeness (QED) is 0.825. The van der Waals surface area contributed by atoms with Gasteiger partial charge in [0.15, 0.2) is 5.11 Å². The number of thiocarbonyl (C=S) groups is 1. The molecule has 0 heterocycles. The van der Waals surface area contributed by atoms with Crippen LogP contribution in [0.1, 0.15) is 39.5 Å². The molecule has 0 aliphatic heterocycles. The van der Waals surface area contributed by atoms with Crippen LogP contribution < -0.4 is 15.4 Å². The second-order valence-electron chi connectivity index (χ2n) is 6.57. The zero-order valence-corrected chi connectivity index (χ0v) is 13.6. The number of benzene rings is 1. The molecule has 1 aromatic rings. The van der Waals surface area contributed by atoms with Crippen molar-refractivity contribution in [1.82, 2.24) is 5.32 Å². The van der Waals surface area contributed by atoms with Crippen molar-refractivity contribution in [2.75, 3.05) is 5.32 Å². The first-order valence-electron chi connectivity index (χ1n) is 7.94. The first-order chi connectivity index (χ1) is 10.1. The zero-order valence-electron chi connectivity index (χ0n) is 12.8. The third-order valence-corrected chi connectivity index (χ3v) is 4.74. The maximum atomic E-state index is 5.71. The van der Waals surface area contributed by atoms with Crippen LogP contribution in [0.5, 0.6) is 5.75 Å². The molecule has 0 amide bonds. The van der Waals surface area contributed by atoms with Gasteiger partial charge in [-0.25, -0.2) is 0 Å². The summed E-state index contributed by atoms with van der Waals surface area (Å²) in [4.78, 5) is 0. The molecule has 2 bridgehead atoms. The molecule has 2 aliphatic rings. The first kappa shape index (κ1) is 14.6. The molecule has 0 spiro atoms. The standard InChI is InChI=1S/C17H24N2OS/c1-11(2)20-15-5-3-4-14(10-15)18-17(21)19-16-9-12-6-7-13(16)8-12/h3-5,10-13,16H,6-9H2,1-2H3,(H2,18,19,21)/t12-,13-,16+/m0/s1. The minimum atomic E-state index is 0.180. The van der Waals surface area contributed by atoms with E-state index in [0.717, 1.165) is 28.4 Å². The van der Waals surface area contributed by atoms with Crippen molar-refractivity contribution in [2.24, 2.45) is 11.8 Å². The SMILES string of the molecule is CC(C)Oc1cccc(NC(=S)N[C@@H]2C[C@H]3CC[C@H]2C3)c1. The molecule has 2 aliphatic carbocycles. The van der Waals surface area contributed by atoms with Crippen LogP contribution in [0.2, 0.25) is 0 Å². The normalized spacial score (nSPS) is 26.9. The van der Waals surface area contributed by atoms with Gasteiger partial charge in [0.2, 0.25) is 0 Å². The average molecular weight is 304 g/mol. The van der Waals surface area contributed by atoms with Gasteiger partial charge in [-0.15, -0.1) is 0 Å². The third-order valence-electron chi connectivity index (χ3n) is 4.52. The molecule has 0 aromatic heterocycles. The predicted molar refractivity (Wildman–Crippen MR) is 90.8 cm³/mol. The largest absolute Gasteiger partial charge is 0.491 e. The third kappa shape index (κ3) is 3.67. The maximum absolute atomic E-state index is 5.71. The molecule has 3 rings (SSSR count). The van der Waals surface area contributed by atoms with Crippen LogP contribution in [0.15, 0.2) is 24.3 Å². The highest BCUT2D eigenvalue weighted by molar-refractivity contribution is 7.80. The molecule has 4 heteroatoms. The van der Waals surface area contributed by atoms with Gasteiger partial charge in [0, 0.05) is 17.8 Å². The molecule has 2 N–H and O–H groups in total. The Morgan fingerprint density at radius 2 is 2.14 bits per heavy atom. The Balaban J connectivity index is 1.55. The van der Waals surface area contributed by atoms with E-state index in [9.17, 15) is 0 Å². The predicted octanol–water partition coefficient (Wildman–Crippen LogP) is 3.95. The van der Waals surface area contributed by atoms with E-state index >= 15 is 0 Å². The van der Waals surface area contributed by atoms with E-state index in [-0.39, 0.29) is 6.10 Å². The summed E-state index contributed by atoms with van der Waals surface area (Å²) in [6.45, 7) is 4.06. The number of anilines is 1. The number of hydrogen-bond acceptors (Lipinski definition) is 2. The summed E-state index contributed by atoms with van der Waals surface area (Å²) in [6.07, 6.45) is 5.63. The number of rotatable bonds is 4. The van der Waals surface area contributed by atoms with Crippen LogP contribution in [0, 0.1) is 11.8 Å². The molecule has 1 aromatic carbocycles. The van der Waals surface area contributed by atoms with Crippen LogP contribution in [0.4, 0.5) is 5.69 Å². The van der Waals surface area contributed by atoms with Crippen LogP contribution in [-0.2, 0) is 0 Å². The molecular weight excluding hydrogens is 280 g/mol. The van der Waals surface area contributed by atoms with Gasteiger partial charge in [0.25, 0.3) is 0 Å². The van der Waals surface area contributed by atoms with Crippen molar-refractivity contribution in [1.29, 1.82) is 0 Å². The second-order valence-corrected chi connectivity index (χ2v) is 6.98. The lowest BCUT2D eigenvalue weighted by atomic mass is 9.96. The van der Waals surface area contributed by atoms with Crippen molar-refractivity contribution in [3.8, 4) is 5.75 Å². The van der Waals surface area contributed by atoms with Gasteiger partial charge in [-0.2, -0.15) is 0 Å². The molecule has 3 atom stereocenters. The van der Waals surface area contributed by atoms with Crippen molar-refractivity contribution >= 4 is 23.0 Å². The van der Waals surface area contributed by atoms with Gasteiger partial charge < -0.3 is 15.4 Å². The Kier molecular flexibility index (Phi) is 4.34.